The highest BCUT2D eigenvalue weighted by atomic mass is 16.5. The number of rotatable bonds is 3. The van der Waals surface area contributed by atoms with Crippen molar-refractivity contribution in [2.45, 2.75) is 38.3 Å². The van der Waals surface area contributed by atoms with Gasteiger partial charge in [0.1, 0.15) is 11.4 Å². The average molecular weight is 211 g/mol. The zero-order valence-electron chi connectivity index (χ0n) is 9.19. The molecule has 2 rings (SSSR count). The van der Waals surface area contributed by atoms with Crippen molar-refractivity contribution in [2.24, 2.45) is 10.7 Å². The fourth-order valence-electron chi connectivity index (χ4n) is 2.50. The molecule has 84 valence electrons. The Morgan fingerprint density at radius 3 is 2.80 bits per heavy atom. The third kappa shape index (κ3) is 1.33. The summed E-state index contributed by atoms with van der Waals surface area (Å²) in [6, 6.07) is -0.204. The first-order valence-corrected chi connectivity index (χ1v) is 5.42. The highest BCUT2D eigenvalue weighted by molar-refractivity contribution is 6.06. The molecule has 0 radical (unpaired) electrons. The number of nitrogens with zero attached hydrogens (tertiary/aromatic N) is 2. The lowest BCUT2D eigenvalue weighted by Crippen LogP contribution is -2.64. The maximum absolute atomic E-state index is 11.5. The van der Waals surface area contributed by atoms with Crippen LogP contribution in [0.3, 0.4) is 0 Å². The first-order chi connectivity index (χ1) is 7.14. The highest BCUT2D eigenvalue weighted by Gasteiger charge is 2.56. The van der Waals surface area contributed by atoms with Gasteiger partial charge in [-0.25, -0.2) is 4.79 Å². The molecular weight excluding hydrogens is 194 g/mol. The molecule has 2 N–H and O–H groups in total. The number of aliphatic imine (C=N–C) groups is 1. The molecule has 0 atom stereocenters. The molecule has 0 aromatic rings. The smallest absolute Gasteiger partial charge is 0.346 e. The lowest BCUT2D eigenvalue weighted by molar-refractivity contribution is -0.0540. The molecule has 2 aliphatic rings. The number of urea groups is 1. The van der Waals surface area contributed by atoms with E-state index in [1.165, 1.54) is 0 Å². The van der Waals surface area contributed by atoms with Gasteiger partial charge in [-0.05, 0) is 13.8 Å². The van der Waals surface area contributed by atoms with E-state index in [2.05, 4.69) is 4.99 Å². The number of hydrogen-bond donors (Lipinski definition) is 1. The Kier molecular flexibility index (Phi) is 2.42. The van der Waals surface area contributed by atoms with Gasteiger partial charge in [-0.1, -0.05) is 0 Å². The van der Waals surface area contributed by atoms with Crippen molar-refractivity contribution in [2.75, 3.05) is 13.2 Å². The molecule has 1 heterocycles. The fourth-order valence-corrected chi connectivity index (χ4v) is 2.50. The van der Waals surface area contributed by atoms with Gasteiger partial charge in [-0.2, -0.15) is 4.99 Å². The normalized spacial score (nSPS) is 34.5. The highest BCUT2D eigenvalue weighted by Crippen LogP contribution is 2.42. The van der Waals surface area contributed by atoms with Crippen LogP contribution < -0.4 is 5.73 Å². The minimum atomic E-state index is -0.328. The van der Waals surface area contributed by atoms with Crippen LogP contribution in [0.1, 0.15) is 26.7 Å². The summed E-state index contributed by atoms with van der Waals surface area (Å²) >= 11 is 0. The molecule has 0 aromatic carbocycles. The van der Waals surface area contributed by atoms with Gasteiger partial charge >= 0.3 is 6.03 Å². The average Bonchev–Trinajstić information content (AvgIpc) is 2.37. The summed E-state index contributed by atoms with van der Waals surface area (Å²) in [4.78, 5) is 17.1. The maximum atomic E-state index is 11.5. The van der Waals surface area contributed by atoms with E-state index in [4.69, 9.17) is 10.5 Å². The van der Waals surface area contributed by atoms with Gasteiger partial charge in [0.15, 0.2) is 0 Å². The molecule has 1 saturated carbocycles. The summed E-state index contributed by atoms with van der Waals surface area (Å²) < 4.78 is 5.49. The van der Waals surface area contributed by atoms with Crippen molar-refractivity contribution in [1.29, 1.82) is 0 Å². The fraction of sp³-hybridized carbons (Fsp3) is 0.800. The molecule has 0 bridgehead atoms. The lowest BCUT2D eigenvalue weighted by atomic mass is 9.72. The molecule has 0 unspecified atom stereocenters. The maximum Gasteiger partial charge on any atom is 0.346 e. The van der Waals surface area contributed by atoms with E-state index in [9.17, 15) is 4.79 Å². The topological polar surface area (TPSA) is 67.9 Å². The van der Waals surface area contributed by atoms with Crippen LogP contribution in [0.2, 0.25) is 0 Å². The minimum Gasteiger partial charge on any atom is -0.385 e. The lowest BCUT2D eigenvalue weighted by Gasteiger charge is -2.49. The van der Waals surface area contributed by atoms with Crippen molar-refractivity contribution in [3.8, 4) is 0 Å². The minimum absolute atomic E-state index is 0.204. The van der Waals surface area contributed by atoms with E-state index in [0.717, 1.165) is 12.8 Å². The SMILES string of the molecule is CCOC1CC2(C1)C(N)=NC(=O)N2CC. The van der Waals surface area contributed by atoms with Crippen molar-refractivity contribution < 1.29 is 9.53 Å². The van der Waals surface area contributed by atoms with Crippen LogP contribution >= 0.6 is 0 Å². The van der Waals surface area contributed by atoms with E-state index in [1.807, 2.05) is 13.8 Å². The Morgan fingerprint density at radius 2 is 2.27 bits per heavy atom. The molecular formula is C10H17N3O2. The van der Waals surface area contributed by atoms with Gasteiger partial charge in [-0.3, -0.25) is 0 Å². The Hall–Kier alpha value is -1.10. The van der Waals surface area contributed by atoms with Crippen molar-refractivity contribution in [1.82, 2.24) is 4.90 Å². The number of hydrogen-bond acceptors (Lipinski definition) is 3. The van der Waals surface area contributed by atoms with E-state index >= 15 is 0 Å². The third-order valence-electron chi connectivity index (χ3n) is 3.29. The monoisotopic (exact) mass is 211 g/mol. The van der Waals surface area contributed by atoms with Crippen LogP contribution in [-0.4, -0.2) is 41.6 Å². The number of nitrogens with two attached hydrogens (primary N) is 1. The largest absolute Gasteiger partial charge is 0.385 e. The van der Waals surface area contributed by atoms with Gasteiger partial charge < -0.3 is 15.4 Å². The van der Waals surface area contributed by atoms with Gasteiger partial charge in [-0.15, -0.1) is 0 Å². The van der Waals surface area contributed by atoms with Crippen LogP contribution in [0.25, 0.3) is 0 Å². The zero-order chi connectivity index (χ0) is 11.1. The number of ether oxygens (including phenoxy) is 1. The van der Waals surface area contributed by atoms with Crippen LogP contribution in [0.4, 0.5) is 4.79 Å². The summed E-state index contributed by atoms with van der Waals surface area (Å²) in [5.41, 5.74) is 5.49. The van der Waals surface area contributed by atoms with Crippen LogP contribution in [0.5, 0.6) is 0 Å². The third-order valence-corrected chi connectivity index (χ3v) is 3.29. The van der Waals surface area contributed by atoms with Gasteiger partial charge in [0.05, 0.1) is 6.10 Å². The summed E-state index contributed by atoms with van der Waals surface area (Å²) in [7, 11) is 0. The molecule has 5 nitrogen and oxygen atoms in total. The standard InChI is InChI=1S/C10H17N3O2/c1-3-13-9(14)12-8(11)10(13)5-7(6-10)15-4-2/h7H,3-6H2,1-2H3,(H2,11,12,14). The molecule has 5 heteroatoms. The predicted molar refractivity (Wildman–Crippen MR) is 56.8 cm³/mol. The molecule has 1 spiro atoms. The van der Waals surface area contributed by atoms with Crippen LogP contribution in [0, 0.1) is 0 Å². The first kappa shape index (κ1) is 10.4. The molecule has 2 amide bonds. The number of carbonyl (C=O) groups is 1. The Bertz CT molecular complexity index is 308. The number of carbonyl (C=O) groups excluding carboxylic acids is 1. The summed E-state index contributed by atoms with van der Waals surface area (Å²) in [6.07, 6.45) is 1.80. The Balaban J connectivity index is 2.09. The second-order valence-corrected chi connectivity index (χ2v) is 4.04. The van der Waals surface area contributed by atoms with Crippen molar-refractivity contribution in [3.05, 3.63) is 0 Å². The quantitative estimate of drug-likeness (QED) is 0.748. The summed E-state index contributed by atoms with van der Waals surface area (Å²) in [6.45, 7) is 5.28. The van der Waals surface area contributed by atoms with E-state index in [0.29, 0.717) is 19.0 Å². The van der Waals surface area contributed by atoms with Crippen LogP contribution in [-0.2, 0) is 4.74 Å². The Morgan fingerprint density at radius 1 is 1.60 bits per heavy atom. The van der Waals surface area contributed by atoms with E-state index < -0.39 is 0 Å². The second-order valence-electron chi connectivity index (χ2n) is 4.04. The Labute approximate surface area is 89.3 Å². The molecule has 0 saturated heterocycles. The molecule has 15 heavy (non-hydrogen) atoms. The molecule has 0 aromatic heterocycles. The van der Waals surface area contributed by atoms with Gasteiger partial charge in [0.2, 0.25) is 0 Å². The van der Waals surface area contributed by atoms with Gasteiger partial charge in [0, 0.05) is 26.0 Å². The molecule has 1 aliphatic carbocycles. The van der Waals surface area contributed by atoms with Crippen molar-refractivity contribution in [3.63, 3.8) is 0 Å². The second kappa shape index (κ2) is 3.48. The summed E-state index contributed by atoms with van der Waals surface area (Å²) in [5, 5.41) is 0. The van der Waals surface area contributed by atoms with Crippen molar-refractivity contribution >= 4 is 11.9 Å². The number of likely N-dealkylation sites (N-methyl/N-ethyl adjacent to an activating group) is 1. The first-order valence-electron chi connectivity index (χ1n) is 5.42. The zero-order valence-corrected chi connectivity index (χ0v) is 9.19. The summed E-state index contributed by atoms with van der Waals surface area (Å²) in [5.74, 6) is 0.463. The van der Waals surface area contributed by atoms with Gasteiger partial charge in [0.25, 0.3) is 0 Å². The number of amides is 2. The van der Waals surface area contributed by atoms with E-state index in [1.54, 1.807) is 4.90 Å². The predicted octanol–water partition coefficient (Wildman–Crippen LogP) is 0.737. The van der Waals surface area contributed by atoms with Crippen LogP contribution in [0.15, 0.2) is 4.99 Å². The number of amidine groups is 1. The molecule has 1 aliphatic heterocycles. The molecule has 1 fully saturated rings. The van der Waals surface area contributed by atoms with E-state index in [-0.39, 0.29) is 17.7 Å².